The van der Waals surface area contributed by atoms with Gasteiger partial charge in [-0.1, -0.05) is 0 Å². The van der Waals surface area contributed by atoms with Crippen molar-refractivity contribution in [1.29, 1.82) is 0 Å². The van der Waals surface area contributed by atoms with Crippen molar-refractivity contribution >= 4 is 16.8 Å². The zero-order chi connectivity index (χ0) is 13.9. The topological polar surface area (TPSA) is 60.7 Å². The Hall–Kier alpha value is -2.56. The number of nitrogens with zero attached hydrogens (tertiary/aromatic N) is 4. The Kier molecular flexibility index (Phi) is 3.25. The van der Waals surface area contributed by atoms with Crippen LogP contribution in [0, 0.1) is 0 Å². The molecule has 0 unspecified atom stereocenters. The monoisotopic (exact) mass is 266 g/mol. The van der Waals surface area contributed by atoms with E-state index in [0.29, 0.717) is 18.4 Å². The smallest absolute Gasteiger partial charge is 0.163 e. The summed E-state index contributed by atoms with van der Waals surface area (Å²) in [5.41, 5.74) is 3.30. The second-order valence-corrected chi connectivity index (χ2v) is 4.71. The van der Waals surface area contributed by atoms with E-state index in [1.54, 1.807) is 29.3 Å². The molecule has 2 heterocycles. The quantitative estimate of drug-likeness (QED) is 0.679. The fourth-order valence-corrected chi connectivity index (χ4v) is 2.14. The van der Waals surface area contributed by atoms with E-state index in [1.807, 2.05) is 25.4 Å². The zero-order valence-electron chi connectivity index (χ0n) is 11.2. The summed E-state index contributed by atoms with van der Waals surface area (Å²) in [5.74, 6) is 0.112. The van der Waals surface area contributed by atoms with Crippen molar-refractivity contribution < 1.29 is 4.79 Å². The molecular formula is C15H14N4O. The van der Waals surface area contributed by atoms with Crippen LogP contribution < -0.4 is 0 Å². The van der Waals surface area contributed by atoms with E-state index in [2.05, 4.69) is 15.1 Å². The molecule has 5 heteroatoms. The van der Waals surface area contributed by atoms with Crippen LogP contribution in [0.15, 0.2) is 43.0 Å². The largest absolute Gasteiger partial charge is 0.294 e. The van der Waals surface area contributed by atoms with Gasteiger partial charge in [-0.2, -0.15) is 5.10 Å². The standard InChI is InChI=1S/C15H14N4O/c1-19-10-11(9-18-19)2-5-15(20)12-3-4-13-14(8-12)17-7-6-16-13/h3-4,6-10H,2,5H2,1H3. The Balaban J connectivity index is 1.75. The number of ketones is 1. The van der Waals surface area contributed by atoms with E-state index in [1.165, 1.54) is 0 Å². The normalized spacial score (nSPS) is 10.8. The predicted molar refractivity (Wildman–Crippen MR) is 75.4 cm³/mol. The van der Waals surface area contributed by atoms with Crippen molar-refractivity contribution in [2.75, 3.05) is 0 Å². The van der Waals surface area contributed by atoms with Gasteiger partial charge in [0, 0.05) is 37.6 Å². The molecule has 0 atom stereocenters. The Morgan fingerprint density at radius 3 is 2.75 bits per heavy atom. The minimum absolute atomic E-state index is 0.112. The Morgan fingerprint density at radius 2 is 2.00 bits per heavy atom. The lowest BCUT2D eigenvalue weighted by Gasteiger charge is -2.01. The Labute approximate surface area is 116 Å². The minimum Gasteiger partial charge on any atom is -0.294 e. The molecule has 0 amide bonds. The van der Waals surface area contributed by atoms with Gasteiger partial charge in [0.25, 0.3) is 0 Å². The fraction of sp³-hybridized carbons (Fsp3) is 0.200. The average Bonchev–Trinajstić information content (AvgIpc) is 2.90. The minimum atomic E-state index is 0.112. The molecule has 5 nitrogen and oxygen atoms in total. The molecule has 1 aromatic carbocycles. The number of hydrogen-bond donors (Lipinski definition) is 0. The molecule has 0 aliphatic carbocycles. The third kappa shape index (κ3) is 2.56. The van der Waals surface area contributed by atoms with Crippen molar-refractivity contribution in [2.24, 2.45) is 7.05 Å². The zero-order valence-corrected chi connectivity index (χ0v) is 11.2. The fourth-order valence-electron chi connectivity index (χ4n) is 2.14. The number of Topliss-reactive ketones (excluding diaryl/α,β-unsaturated/α-hetero) is 1. The summed E-state index contributed by atoms with van der Waals surface area (Å²) in [6.45, 7) is 0. The summed E-state index contributed by atoms with van der Waals surface area (Å²) >= 11 is 0. The van der Waals surface area contributed by atoms with Gasteiger partial charge in [-0.3, -0.25) is 19.4 Å². The molecule has 20 heavy (non-hydrogen) atoms. The van der Waals surface area contributed by atoms with Gasteiger partial charge in [-0.15, -0.1) is 0 Å². The van der Waals surface area contributed by atoms with Gasteiger partial charge in [0.05, 0.1) is 17.2 Å². The van der Waals surface area contributed by atoms with Crippen molar-refractivity contribution in [3.63, 3.8) is 0 Å². The van der Waals surface area contributed by atoms with Crippen molar-refractivity contribution in [3.8, 4) is 0 Å². The molecule has 0 N–H and O–H groups in total. The van der Waals surface area contributed by atoms with Gasteiger partial charge < -0.3 is 0 Å². The molecule has 0 saturated carbocycles. The van der Waals surface area contributed by atoms with Gasteiger partial charge in [-0.05, 0) is 30.2 Å². The van der Waals surface area contributed by atoms with Gasteiger partial charge in [0.15, 0.2) is 5.78 Å². The van der Waals surface area contributed by atoms with Crippen LogP contribution in [0.4, 0.5) is 0 Å². The highest BCUT2D eigenvalue weighted by Crippen LogP contribution is 2.13. The lowest BCUT2D eigenvalue weighted by Crippen LogP contribution is -2.01. The number of carbonyl (C=O) groups is 1. The molecule has 0 aliphatic rings. The van der Waals surface area contributed by atoms with Gasteiger partial charge in [0.2, 0.25) is 0 Å². The lowest BCUT2D eigenvalue weighted by molar-refractivity contribution is 0.0983. The molecule has 0 saturated heterocycles. The maximum absolute atomic E-state index is 12.2. The van der Waals surface area contributed by atoms with Crippen molar-refractivity contribution in [2.45, 2.75) is 12.8 Å². The molecule has 3 rings (SSSR count). The third-order valence-electron chi connectivity index (χ3n) is 3.19. The van der Waals surface area contributed by atoms with Crippen molar-refractivity contribution in [1.82, 2.24) is 19.7 Å². The molecule has 3 aromatic rings. The molecule has 0 spiro atoms. The number of aryl methyl sites for hydroxylation is 2. The average molecular weight is 266 g/mol. The summed E-state index contributed by atoms with van der Waals surface area (Å²) in [6, 6.07) is 5.44. The van der Waals surface area contributed by atoms with Crippen LogP contribution in [0.5, 0.6) is 0 Å². The first kappa shape index (κ1) is 12.5. The number of hydrogen-bond acceptors (Lipinski definition) is 4. The van der Waals surface area contributed by atoms with E-state index in [9.17, 15) is 4.79 Å². The summed E-state index contributed by atoms with van der Waals surface area (Å²) in [6.07, 6.45) is 8.17. The molecule has 0 bridgehead atoms. The Morgan fingerprint density at radius 1 is 1.20 bits per heavy atom. The van der Waals surface area contributed by atoms with Crippen LogP contribution in [-0.2, 0) is 13.5 Å². The van der Waals surface area contributed by atoms with E-state index in [-0.39, 0.29) is 5.78 Å². The van der Waals surface area contributed by atoms with Gasteiger partial charge in [0.1, 0.15) is 0 Å². The van der Waals surface area contributed by atoms with E-state index in [4.69, 9.17) is 0 Å². The summed E-state index contributed by atoms with van der Waals surface area (Å²) in [7, 11) is 1.87. The summed E-state index contributed by atoms with van der Waals surface area (Å²) in [4.78, 5) is 20.6. The third-order valence-corrected chi connectivity index (χ3v) is 3.19. The van der Waals surface area contributed by atoms with E-state index in [0.717, 1.165) is 16.6 Å². The number of fused-ring (bicyclic) bond motifs is 1. The van der Waals surface area contributed by atoms with Gasteiger partial charge >= 0.3 is 0 Å². The molecule has 100 valence electrons. The van der Waals surface area contributed by atoms with Crippen LogP contribution >= 0.6 is 0 Å². The first-order valence-corrected chi connectivity index (χ1v) is 6.44. The highest BCUT2D eigenvalue weighted by Gasteiger charge is 2.08. The van der Waals surface area contributed by atoms with Crippen LogP contribution in [0.1, 0.15) is 22.3 Å². The number of rotatable bonds is 4. The van der Waals surface area contributed by atoms with Crippen LogP contribution in [-0.4, -0.2) is 25.5 Å². The molecular weight excluding hydrogens is 252 g/mol. The highest BCUT2D eigenvalue weighted by molar-refractivity contribution is 5.98. The second kappa shape index (κ2) is 5.21. The van der Waals surface area contributed by atoms with E-state index >= 15 is 0 Å². The van der Waals surface area contributed by atoms with E-state index < -0.39 is 0 Å². The molecule has 0 radical (unpaired) electrons. The molecule has 0 aliphatic heterocycles. The number of benzene rings is 1. The second-order valence-electron chi connectivity index (χ2n) is 4.71. The predicted octanol–water partition coefficient (Wildman–Crippen LogP) is 2.18. The molecule has 0 fully saturated rings. The first-order chi connectivity index (χ1) is 9.72. The lowest BCUT2D eigenvalue weighted by atomic mass is 10.0. The van der Waals surface area contributed by atoms with Crippen molar-refractivity contribution in [3.05, 3.63) is 54.1 Å². The Bertz CT molecular complexity index is 763. The van der Waals surface area contributed by atoms with Crippen LogP contribution in [0.3, 0.4) is 0 Å². The first-order valence-electron chi connectivity index (χ1n) is 6.44. The SMILES string of the molecule is Cn1cc(CCC(=O)c2ccc3nccnc3c2)cn1. The number of carbonyl (C=O) groups excluding carboxylic acids is 1. The number of aromatic nitrogens is 4. The molecule has 2 aromatic heterocycles. The summed E-state index contributed by atoms with van der Waals surface area (Å²) < 4.78 is 1.74. The summed E-state index contributed by atoms with van der Waals surface area (Å²) in [5, 5.41) is 4.10. The highest BCUT2D eigenvalue weighted by atomic mass is 16.1. The van der Waals surface area contributed by atoms with Crippen LogP contribution in [0.2, 0.25) is 0 Å². The van der Waals surface area contributed by atoms with Crippen LogP contribution in [0.25, 0.3) is 11.0 Å². The maximum Gasteiger partial charge on any atom is 0.163 e. The van der Waals surface area contributed by atoms with Gasteiger partial charge in [-0.25, -0.2) is 0 Å². The maximum atomic E-state index is 12.2.